The molecule has 0 aromatic heterocycles. The molecule has 0 bridgehead atoms. The Balaban J connectivity index is 1.63. The molecule has 3 N–H and O–H groups in total. The maximum absolute atomic E-state index is 15.4. The standard InChI is InChI=1S/C30H34FNO3/c1-20(32)26-10-6-11-27(30(26)31)25-16-22(14-13-21-7-2-3-8-21)15-23(17-25)19-35-28-12-5-4-9-24(28)18-29(33)34/h4-6,9-12,15-17,20-21H,2-3,7-8,13-14,18-19,32H2,1H3,(H,33,34). The molecule has 3 aromatic carbocycles. The Bertz CT molecular complexity index is 1170. The number of para-hydroxylation sites is 1. The molecule has 1 unspecified atom stereocenters. The fourth-order valence-corrected chi connectivity index (χ4v) is 5.05. The normalized spacial score (nSPS) is 14.7. The van der Waals surface area contributed by atoms with Crippen LogP contribution >= 0.6 is 0 Å². The van der Waals surface area contributed by atoms with E-state index in [0.717, 1.165) is 35.4 Å². The quantitative estimate of drug-likeness (QED) is 0.337. The van der Waals surface area contributed by atoms with Crippen LogP contribution in [0.3, 0.4) is 0 Å². The monoisotopic (exact) mass is 475 g/mol. The van der Waals surface area contributed by atoms with Crippen molar-refractivity contribution in [3.63, 3.8) is 0 Å². The van der Waals surface area contributed by atoms with Crippen LogP contribution in [0.25, 0.3) is 11.1 Å². The number of nitrogens with two attached hydrogens (primary N) is 1. The van der Waals surface area contributed by atoms with Crippen LogP contribution in [-0.4, -0.2) is 11.1 Å². The molecule has 1 fully saturated rings. The van der Waals surface area contributed by atoms with Crippen molar-refractivity contribution >= 4 is 5.97 Å². The molecule has 4 nitrogen and oxygen atoms in total. The molecule has 0 amide bonds. The second kappa shape index (κ2) is 11.5. The molecular formula is C30H34FNO3. The summed E-state index contributed by atoms with van der Waals surface area (Å²) in [5, 5.41) is 9.21. The van der Waals surface area contributed by atoms with Crippen molar-refractivity contribution in [1.82, 2.24) is 0 Å². The van der Waals surface area contributed by atoms with Crippen molar-refractivity contribution in [3.05, 3.63) is 88.7 Å². The maximum Gasteiger partial charge on any atom is 0.307 e. The lowest BCUT2D eigenvalue weighted by molar-refractivity contribution is -0.136. The summed E-state index contributed by atoms with van der Waals surface area (Å²) in [6.45, 7) is 2.06. The Morgan fingerprint density at radius 3 is 2.57 bits per heavy atom. The highest BCUT2D eigenvalue weighted by atomic mass is 19.1. The second-order valence-electron chi connectivity index (χ2n) is 9.69. The summed E-state index contributed by atoms with van der Waals surface area (Å²) in [4.78, 5) is 11.2. The van der Waals surface area contributed by atoms with E-state index >= 15 is 4.39 Å². The first-order chi connectivity index (χ1) is 16.9. The maximum atomic E-state index is 15.4. The molecule has 184 valence electrons. The van der Waals surface area contributed by atoms with Crippen LogP contribution in [0.1, 0.15) is 67.3 Å². The van der Waals surface area contributed by atoms with Gasteiger partial charge in [0.25, 0.3) is 0 Å². The average Bonchev–Trinajstić information content (AvgIpc) is 3.35. The number of ether oxygens (including phenoxy) is 1. The molecule has 0 saturated heterocycles. The van der Waals surface area contributed by atoms with E-state index in [4.69, 9.17) is 10.5 Å². The van der Waals surface area contributed by atoms with Gasteiger partial charge in [-0.1, -0.05) is 74.2 Å². The minimum Gasteiger partial charge on any atom is -0.489 e. The lowest BCUT2D eigenvalue weighted by Crippen LogP contribution is -2.08. The van der Waals surface area contributed by atoms with Crippen LogP contribution in [0, 0.1) is 11.7 Å². The number of aliphatic carboxylic acids is 1. The zero-order valence-corrected chi connectivity index (χ0v) is 20.3. The van der Waals surface area contributed by atoms with Crippen LogP contribution in [0.5, 0.6) is 5.75 Å². The highest BCUT2D eigenvalue weighted by Gasteiger charge is 2.17. The van der Waals surface area contributed by atoms with Crippen molar-refractivity contribution in [2.24, 2.45) is 11.7 Å². The van der Waals surface area contributed by atoms with Crippen LogP contribution in [-0.2, 0) is 24.2 Å². The fraction of sp³-hybridized carbons (Fsp3) is 0.367. The summed E-state index contributed by atoms with van der Waals surface area (Å²) >= 11 is 0. The molecule has 0 spiro atoms. The van der Waals surface area contributed by atoms with Gasteiger partial charge in [0.1, 0.15) is 18.2 Å². The third-order valence-electron chi connectivity index (χ3n) is 6.91. The smallest absolute Gasteiger partial charge is 0.307 e. The van der Waals surface area contributed by atoms with Gasteiger partial charge in [-0.15, -0.1) is 0 Å². The number of hydrogen-bond acceptors (Lipinski definition) is 3. The Morgan fingerprint density at radius 2 is 1.83 bits per heavy atom. The number of hydrogen-bond donors (Lipinski definition) is 2. The summed E-state index contributed by atoms with van der Waals surface area (Å²) in [5.74, 6) is 0.133. The first-order valence-corrected chi connectivity index (χ1v) is 12.5. The van der Waals surface area contributed by atoms with Crippen molar-refractivity contribution in [2.75, 3.05) is 0 Å². The molecule has 5 heteroatoms. The van der Waals surface area contributed by atoms with Gasteiger partial charge < -0.3 is 15.6 Å². The second-order valence-corrected chi connectivity index (χ2v) is 9.69. The zero-order chi connectivity index (χ0) is 24.8. The zero-order valence-electron chi connectivity index (χ0n) is 20.3. The van der Waals surface area contributed by atoms with Crippen molar-refractivity contribution in [1.29, 1.82) is 0 Å². The van der Waals surface area contributed by atoms with Crippen LogP contribution in [0.4, 0.5) is 4.39 Å². The van der Waals surface area contributed by atoms with E-state index in [1.54, 1.807) is 37.3 Å². The number of carbonyl (C=O) groups is 1. The molecule has 0 aliphatic heterocycles. The van der Waals surface area contributed by atoms with Crippen LogP contribution in [0.15, 0.2) is 60.7 Å². The van der Waals surface area contributed by atoms with E-state index in [1.165, 1.54) is 25.7 Å². The van der Waals surface area contributed by atoms with E-state index in [-0.39, 0.29) is 18.8 Å². The minimum atomic E-state index is -0.901. The molecule has 1 saturated carbocycles. The van der Waals surface area contributed by atoms with Gasteiger partial charge in [-0.25, -0.2) is 4.39 Å². The van der Waals surface area contributed by atoms with Gasteiger partial charge in [0.2, 0.25) is 0 Å². The van der Waals surface area contributed by atoms with E-state index in [2.05, 4.69) is 12.1 Å². The van der Waals surface area contributed by atoms with Gasteiger partial charge in [-0.05, 0) is 54.5 Å². The Hall–Kier alpha value is -3.18. The molecule has 1 atom stereocenters. The lowest BCUT2D eigenvalue weighted by Gasteiger charge is -2.16. The largest absolute Gasteiger partial charge is 0.489 e. The molecule has 1 aliphatic rings. The van der Waals surface area contributed by atoms with Gasteiger partial charge in [0, 0.05) is 22.7 Å². The number of carboxylic acids is 1. The number of carboxylic acid groups (broad SMARTS) is 1. The highest BCUT2D eigenvalue weighted by Crippen LogP contribution is 2.32. The van der Waals surface area contributed by atoms with Gasteiger partial charge in [0.05, 0.1) is 6.42 Å². The van der Waals surface area contributed by atoms with Crippen molar-refractivity contribution < 1.29 is 19.0 Å². The molecule has 0 heterocycles. The van der Waals surface area contributed by atoms with E-state index < -0.39 is 12.0 Å². The fourth-order valence-electron chi connectivity index (χ4n) is 5.05. The Morgan fingerprint density at radius 1 is 1.09 bits per heavy atom. The van der Waals surface area contributed by atoms with Crippen molar-refractivity contribution in [2.45, 2.75) is 64.5 Å². The SMILES string of the molecule is CC(N)c1cccc(-c2cc(CCC3CCCC3)cc(COc3ccccc3CC(=O)O)c2)c1F. The summed E-state index contributed by atoms with van der Waals surface area (Å²) in [6, 6.07) is 18.3. The highest BCUT2D eigenvalue weighted by molar-refractivity contribution is 5.71. The summed E-state index contributed by atoms with van der Waals surface area (Å²) in [7, 11) is 0. The van der Waals surface area contributed by atoms with Gasteiger partial charge in [-0.2, -0.15) is 0 Å². The Labute approximate surface area is 206 Å². The molecule has 1 aliphatic carbocycles. The number of benzene rings is 3. The summed E-state index contributed by atoms with van der Waals surface area (Å²) in [6.07, 6.45) is 7.19. The summed E-state index contributed by atoms with van der Waals surface area (Å²) in [5.41, 5.74) is 10.6. The molecule has 0 radical (unpaired) electrons. The van der Waals surface area contributed by atoms with Crippen LogP contribution < -0.4 is 10.5 Å². The van der Waals surface area contributed by atoms with E-state index in [1.807, 2.05) is 18.2 Å². The molecule has 4 rings (SSSR count). The lowest BCUT2D eigenvalue weighted by atomic mass is 9.93. The topological polar surface area (TPSA) is 72.5 Å². The molecule has 35 heavy (non-hydrogen) atoms. The number of rotatable bonds is 10. The number of halogens is 1. The van der Waals surface area contributed by atoms with Gasteiger partial charge in [0.15, 0.2) is 0 Å². The predicted octanol–water partition coefficient (Wildman–Crippen LogP) is 6.84. The Kier molecular flexibility index (Phi) is 8.19. The molecule has 3 aromatic rings. The predicted molar refractivity (Wildman–Crippen MR) is 137 cm³/mol. The van der Waals surface area contributed by atoms with Gasteiger partial charge >= 0.3 is 5.97 Å². The van der Waals surface area contributed by atoms with Gasteiger partial charge in [-0.3, -0.25) is 4.79 Å². The molecular weight excluding hydrogens is 441 g/mol. The van der Waals surface area contributed by atoms with E-state index in [9.17, 15) is 9.90 Å². The average molecular weight is 476 g/mol. The number of aryl methyl sites for hydroxylation is 1. The third-order valence-corrected chi connectivity index (χ3v) is 6.91. The minimum absolute atomic E-state index is 0.0991. The first kappa shape index (κ1) is 24.9. The van der Waals surface area contributed by atoms with E-state index in [0.29, 0.717) is 22.4 Å². The van der Waals surface area contributed by atoms with Crippen molar-refractivity contribution in [3.8, 4) is 16.9 Å². The van der Waals surface area contributed by atoms with Crippen LogP contribution in [0.2, 0.25) is 0 Å². The first-order valence-electron chi connectivity index (χ1n) is 12.5. The summed E-state index contributed by atoms with van der Waals surface area (Å²) < 4.78 is 21.4. The third kappa shape index (κ3) is 6.49.